The first-order valence-corrected chi connectivity index (χ1v) is 6.50. The summed E-state index contributed by atoms with van der Waals surface area (Å²) in [6.45, 7) is 3.63. The molecule has 0 aromatic heterocycles. The Balaban J connectivity index is 3.20. The van der Waals surface area contributed by atoms with Crippen LogP contribution in [0.15, 0.2) is 12.7 Å². The van der Waals surface area contributed by atoms with Gasteiger partial charge >= 0.3 is 0 Å². The quantitative estimate of drug-likeness (QED) is 0.369. The van der Waals surface area contributed by atoms with Gasteiger partial charge in [-0.15, -0.1) is 16.5 Å². The maximum atomic E-state index is 11.2. The van der Waals surface area contributed by atoms with Crippen molar-refractivity contribution < 1.29 is 4.21 Å². The topological polar surface area (TPSA) is 17.1 Å². The Morgan fingerprint density at radius 3 is 2.40 bits per heavy atom. The molecule has 0 saturated heterocycles. The Hall–Kier alpha value is -0.110. The summed E-state index contributed by atoms with van der Waals surface area (Å²) in [4.78, 5) is 0. The first-order valence-electron chi connectivity index (χ1n) is 3.71. The van der Waals surface area contributed by atoms with Crippen molar-refractivity contribution in [1.82, 2.24) is 0 Å². The Bertz CT molecular complexity index is 134. The molecule has 0 rings (SSSR count). The average Bonchev–Trinajstić information content (AvgIpc) is 1.78. The first kappa shape index (κ1) is 9.89. The second-order valence-electron chi connectivity index (χ2n) is 3.08. The minimum Gasteiger partial charge on any atom is -0.285 e. The lowest BCUT2D eigenvalue weighted by atomic mass is 10.2. The largest absolute Gasteiger partial charge is 0.285 e. The van der Waals surface area contributed by atoms with E-state index in [1.165, 1.54) is 0 Å². The summed E-state index contributed by atoms with van der Waals surface area (Å²) in [5, 5.41) is 0. The third-order valence-corrected chi connectivity index (χ3v) is 2.75. The summed E-state index contributed by atoms with van der Waals surface area (Å²) < 4.78 is 11.2. The summed E-state index contributed by atoms with van der Waals surface area (Å²) in [5.74, 6) is 0.890. The molecule has 62 valence electrons. The highest BCUT2D eigenvalue weighted by Gasteiger charge is 1.98. The van der Waals surface area contributed by atoms with Crippen molar-refractivity contribution in [2.45, 2.75) is 19.3 Å². The van der Waals surface area contributed by atoms with Crippen molar-refractivity contribution in [1.29, 1.82) is 0 Å². The van der Waals surface area contributed by atoms with Gasteiger partial charge in [-0.05, 0) is 31.8 Å². The zero-order chi connectivity index (χ0) is 8.04. The molecule has 0 heterocycles. The normalized spacial score (nSPS) is 13.0. The van der Waals surface area contributed by atoms with Crippen molar-refractivity contribution in [3.8, 4) is 0 Å². The van der Waals surface area contributed by atoms with Gasteiger partial charge in [0, 0.05) is 5.75 Å². The molecular formula is C8H18OS. The minimum atomic E-state index is -1.74. The van der Waals surface area contributed by atoms with E-state index >= 15 is 0 Å². The van der Waals surface area contributed by atoms with E-state index in [0.29, 0.717) is 0 Å². The smallest absolute Gasteiger partial charge is 0.000778 e. The molecule has 2 heteroatoms. The molecule has 0 aliphatic carbocycles. The third kappa shape index (κ3) is 7.89. The van der Waals surface area contributed by atoms with E-state index in [1.807, 2.05) is 18.6 Å². The van der Waals surface area contributed by atoms with E-state index in [9.17, 15) is 4.21 Å². The van der Waals surface area contributed by atoms with Gasteiger partial charge < -0.3 is 0 Å². The van der Waals surface area contributed by atoms with Crippen LogP contribution in [0, 0.1) is 0 Å². The fourth-order valence-corrected chi connectivity index (χ4v) is 1.77. The Kier molecular flexibility index (Phi) is 4.62. The van der Waals surface area contributed by atoms with Crippen LogP contribution in [0.1, 0.15) is 19.3 Å². The zero-order valence-electron chi connectivity index (χ0n) is 6.97. The number of hydrogen-bond donors (Lipinski definition) is 1. The Labute approximate surface area is 64.9 Å². The summed E-state index contributed by atoms with van der Waals surface area (Å²) in [6.07, 6.45) is 8.88. The molecule has 0 atom stereocenters. The molecule has 0 fully saturated rings. The Morgan fingerprint density at radius 1 is 1.40 bits per heavy atom. The molecule has 10 heavy (non-hydrogen) atoms. The fourth-order valence-electron chi connectivity index (χ4n) is 0.781. The maximum Gasteiger partial charge on any atom is 0.000778 e. The zero-order valence-corrected chi connectivity index (χ0v) is 7.86. The highest BCUT2D eigenvalue weighted by molar-refractivity contribution is 8.01. The molecule has 0 aromatic carbocycles. The number of allylic oxidation sites excluding steroid dienone is 1. The van der Waals surface area contributed by atoms with Gasteiger partial charge in [0.15, 0.2) is 0 Å². The van der Waals surface area contributed by atoms with E-state index in [-0.39, 0.29) is 0 Å². The minimum absolute atomic E-state index is 0.890. The van der Waals surface area contributed by atoms with Crippen LogP contribution in [0.3, 0.4) is 0 Å². The van der Waals surface area contributed by atoms with Gasteiger partial charge in [-0.25, -0.2) is 0 Å². The highest BCUT2D eigenvalue weighted by atomic mass is 32.2. The molecule has 1 nitrogen and oxygen atoms in total. The van der Waals surface area contributed by atoms with Crippen molar-refractivity contribution in [3.05, 3.63) is 12.7 Å². The van der Waals surface area contributed by atoms with E-state index in [4.69, 9.17) is 0 Å². The van der Waals surface area contributed by atoms with Crippen molar-refractivity contribution in [2.24, 2.45) is 0 Å². The molecular weight excluding hydrogens is 144 g/mol. The van der Waals surface area contributed by atoms with E-state index in [1.54, 1.807) is 0 Å². The molecule has 0 bridgehead atoms. The molecule has 0 N–H and O–H groups in total. The predicted molar refractivity (Wildman–Crippen MR) is 50.3 cm³/mol. The van der Waals surface area contributed by atoms with Crippen molar-refractivity contribution in [2.75, 3.05) is 18.3 Å². The van der Waals surface area contributed by atoms with Crippen LogP contribution >= 0.6 is 0 Å². The summed E-state index contributed by atoms with van der Waals surface area (Å²) in [6, 6.07) is 0. The molecule has 0 aromatic rings. The third-order valence-electron chi connectivity index (χ3n) is 1.35. The molecule has 0 saturated carbocycles. The van der Waals surface area contributed by atoms with Crippen LogP contribution in [0.5, 0.6) is 0 Å². The van der Waals surface area contributed by atoms with Gasteiger partial charge in [0.1, 0.15) is 0 Å². The maximum absolute atomic E-state index is 11.2. The predicted octanol–water partition coefficient (Wildman–Crippen LogP) is 1.62. The van der Waals surface area contributed by atoms with Crippen molar-refractivity contribution in [3.63, 3.8) is 0 Å². The summed E-state index contributed by atoms with van der Waals surface area (Å²) in [7, 11) is -1.74. The second-order valence-corrected chi connectivity index (χ2v) is 6.68. The molecule has 0 radical (unpaired) electrons. The molecule has 0 unspecified atom stereocenters. The fraction of sp³-hybridized carbons (Fsp3) is 0.750. The van der Waals surface area contributed by atoms with Crippen molar-refractivity contribution >= 4 is 9.93 Å². The standard InChI is InChI=1S/C8H18OS/c1-4-5-6-7-8-10(2,3)9/h4,10H,1,5-8H2,2-3H3. The van der Waals surface area contributed by atoms with Gasteiger partial charge in [-0.2, -0.15) is 0 Å². The lowest BCUT2D eigenvalue weighted by Crippen LogP contribution is -2.10. The monoisotopic (exact) mass is 162 g/mol. The molecule has 0 amide bonds. The van der Waals surface area contributed by atoms with Crippen LogP contribution in [0.25, 0.3) is 0 Å². The summed E-state index contributed by atoms with van der Waals surface area (Å²) in [5.41, 5.74) is 0. The van der Waals surface area contributed by atoms with E-state index < -0.39 is 9.93 Å². The average molecular weight is 162 g/mol. The van der Waals surface area contributed by atoms with Crippen LogP contribution in [-0.4, -0.2) is 22.5 Å². The number of unbranched alkanes of at least 4 members (excludes halogenated alkanes) is 2. The number of rotatable bonds is 5. The lowest BCUT2D eigenvalue weighted by molar-refractivity contribution is 0.673. The van der Waals surface area contributed by atoms with Gasteiger partial charge in [-0.1, -0.05) is 6.08 Å². The van der Waals surface area contributed by atoms with Crippen LogP contribution in [0.4, 0.5) is 0 Å². The second kappa shape index (κ2) is 4.67. The van der Waals surface area contributed by atoms with Crippen LogP contribution in [0.2, 0.25) is 0 Å². The van der Waals surface area contributed by atoms with E-state index in [0.717, 1.165) is 25.0 Å². The van der Waals surface area contributed by atoms with E-state index in [2.05, 4.69) is 6.58 Å². The van der Waals surface area contributed by atoms with Gasteiger partial charge in [0.25, 0.3) is 0 Å². The van der Waals surface area contributed by atoms with Crippen LogP contribution < -0.4 is 0 Å². The van der Waals surface area contributed by atoms with Gasteiger partial charge in [0.2, 0.25) is 0 Å². The first-order chi connectivity index (χ1) is 4.56. The summed E-state index contributed by atoms with van der Waals surface area (Å²) >= 11 is 0. The lowest BCUT2D eigenvalue weighted by Gasteiger charge is -2.09. The molecule has 0 aliphatic heterocycles. The van der Waals surface area contributed by atoms with Crippen LogP contribution in [-0.2, 0) is 9.93 Å². The molecule has 0 spiro atoms. The van der Waals surface area contributed by atoms with Gasteiger partial charge in [-0.3, -0.25) is 4.21 Å². The highest BCUT2D eigenvalue weighted by Crippen LogP contribution is 2.01. The SMILES string of the molecule is C=CCCCC[SH](C)(C)=O. The number of thiol groups is 1. The Morgan fingerprint density at radius 2 is 2.00 bits per heavy atom. The van der Waals surface area contributed by atoms with Gasteiger partial charge in [0.05, 0.1) is 0 Å². The molecule has 0 aliphatic rings. The number of hydrogen-bond acceptors (Lipinski definition) is 1.